The van der Waals surface area contributed by atoms with Gasteiger partial charge in [-0.25, -0.2) is 4.79 Å². The largest absolute Gasteiger partial charge is 0.303 e. The molecule has 1 saturated carbocycles. The van der Waals surface area contributed by atoms with Gasteiger partial charge in [0.25, 0.3) is 0 Å². The summed E-state index contributed by atoms with van der Waals surface area (Å²) < 4.78 is 0. The normalized spacial score (nSPS) is 33.5. The van der Waals surface area contributed by atoms with Gasteiger partial charge in [-0.3, -0.25) is 0 Å². The number of nitrogens with zero attached hydrogens (tertiary/aromatic N) is 2. The summed E-state index contributed by atoms with van der Waals surface area (Å²) >= 11 is 0. The third kappa shape index (κ3) is 1.93. The van der Waals surface area contributed by atoms with Crippen LogP contribution in [-0.4, -0.2) is 30.6 Å². The Balaban J connectivity index is 1.57. The minimum atomic E-state index is -0.227. The zero-order valence-corrected chi connectivity index (χ0v) is 11.7. The Morgan fingerprint density at radius 1 is 1.15 bits per heavy atom. The molecule has 0 aromatic heterocycles. The summed E-state index contributed by atoms with van der Waals surface area (Å²) in [4.78, 5) is 17.1. The summed E-state index contributed by atoms with van der Waals surface area (Å²) in [6.07, 6.45) is 6.42. The number of isocyanates is 1. The van der Waals surface area contributed by atoms with Gasteiger partial charge in [0.1, 0.15) is 0 Å². The van der Waals surface area contributed by atoms with Crippen LogP contribution >= 0.6 is 0 Å². The first kappa shape index (κ1) is 12.3. The van der Waals surface area contributed by atoms with Crippen molar-refractivity contribution in [2.45, 2.75) is 37.1 Å². The average molecular weight is 268 g/mol. The quantitative estimate of drug-likeness (QED) is 0.624. The molecule has 2 bridgehead atoms. The van der Waals surface area contributed by atoms with Crippen LogP contribution in [0.2, 0.25) is 0 Å². The highest BCUT2D eigenvalue weighted by atomic mass is 16.1. The molecule has 4 aliphatic rings. The van der Waals surface area contributed by atoms with E-state index in [1.165, 1.54) is 43.6 Å². The van der Waals surface area contributed by atoms with Crippen LogP contribution in [0.5, 0.6) is 0 Å². The monoisotopic (exact) mass is 268 g/mol. The maximum absolute atomic E-state index is 10.5. The molecule has 4 fully saturated rings. The van der Waals surface area contributed by atoms with Crippen LogP contribution in [0.4, 0.5) is 0 Å². The zero-order chi connectivity index (χ0) is 13.6. The fourth-order valence-electron chi connectivity index (χ4n) is 4.05. The number of carbonyl (C=O) groups excluding carboxylic acids is 1. The Hall–Kier alpha value is -1.44. The second kappa shape index (κ2) is 4.54. The van der Waals surface area contributed by atoms with Crippen molar-refractivity contribution in [3.63, 3.8) is 0 Å². The van der Waals surface area contributed by atoms with Crippen molar-refractivity contribution in [1.82, 2.24) is 4.90 Å². The molecule has 1 aromatic carbocycles. The van der Waals surface area contributed by atoms with Crippen molar-refractivity contribution in [1.29, 1.82) is 0 Å². The predicted octanol–water partition coefficient (Wildman–Crippen LogP) is 2.82. The van der Waals surface area contributed by atoms with Crippen molar-refractivity contribution in [3.05, 3.63) is 35.4 Å². The minimum Gasteiger partial charge on any atom is -0.303 e. The molecule has 1 aliphatic carbocycles. The van der Waals surface area contributed by atoms with Gasteiger partial charge >= 0.3 is 0 Å². The van der Waals surface area contributed by atoms with E-state index in [2.05, 4.69) is 34.2 Å². The number of benzene rings is 1. The summed E-state index contributed by atoms with van der Waals surface area (Å²) in [6, 6.07) is 8.89. The number of hydrogen-bond acceptors (Lipinski definition) is 3. The van der Waals surface area contributed by atoms with Crippen LogP contribution in [0.25, 0.3) is 0 Å². The lowest BCUT2D eigenvalue weighted by Gasteiger charge is -2.45. The number of hydrogen-bond donors (Lipinski definition) is 0. The van der Waals surface area contributed by atoms with Gasteiger partial charge in [0.05, 0.1) is 5.54 Å². The molecule has 1 aromatic rings. The molecule has 3 saturated heterocycles. The van der Waals surface area contributed by atoms with Crippen molar-refractivity contribution in [2.75, 3.05) is 19.6 Å². The molecule has 0 N–H and O–H groups in total. The number of fused-ring (bicyclic) bond motifs is 3. The zero-order valence-electron chi connectivity index (χ0n) is 11.7. The molecular formula is C17H20N2O. The first-order valence-corrected chi connectivity index (χ1v) is 7.73. The minimum absolute atomic E-state index is 0.227. The lowest BCUT2D eigenvalue weighted by Crippen LogP contribution is -2.46. The molecular weight excluding hydrogens is 248 g/mol. The summed E-state index contributed by atoms with van der Waals surface area (Å²) in [5.41, 5.74) is 2.43. The third-order valence-electron chi connectivity index (χ3n) is 5.52. The van der Waals surface area contributed by atoms with Crippen LogP contribution in [0.1, 0.15) is 42.7 Å². The molecule has 3 heteroatoms. The Labute approximate surface area is 119 Å². The fraction of sp³-hybridized carbons (Fsp3) is 0.588. The van der Waals surface area contributed by atoms with E-state index in [1.807, 2.05) is 0 Å². The summed E-state index contributed by atoms with van der Waals surface area (Å²) in [5, 5.41) is 0. The summed E-state index contributed by atoms with van der Waals surface area (Å²) in [6.45, 7) is 3.80. The highest BCUT2D eigenvalue weighted by Crippen LogP contribution is 2.49. The van der Waals surface area contributed by atoms with Crippen LogP contribution in [0, 0.1) is 5.92 Å². The van der Waals surface area contributed by atoms with Gasteiger partial charge < -0.3 is 4.90 Å². The van der Waals surface area contributed by atoms with Crippen LogP contribution in [0.3, 0.4) is 0 Å². The number of piperidine rings is 3. The van der Waals surface area contributed by atoms with E-state index in [-0.39, 0.29) is 5.54 Å². The average Bonchev–Trinajstić information content (AvgIpc) is 3.30. The Morgan fingerprint density at radius 3 is 2.35 bits per heavy atom. The fourth-order valence-corrected chi connectivity index (χ4v) is 4.05. The highest BCUT2D eigenvalue weighted by Gasteiger charge is 2.45. The maximum Gasteiger partial charge on any atom is 0.235 e. The van der Waals surface area contributed by atoms with Crippen molar-refractivity contribution >= 4 is 6.08 Å². The second-order valence-electron chi connectivity index (χ2n) is 6.60. The van der Waals surface area contributed by atoms with Crippen LogP contribution < -0.4 is 0 Å². The van der Waals surface area contributed by atoms with Crippen LogP contribution in [-0.2, 0) is 10.3 Å². The molecule has 0 amide bonds. The van der Waals surface area contributed by atoms with Gasteiger partial charge in [0.15, 0.2) is 0 Å². The lowest BCUT2D eigenvalue weighted by molar-refractivity contribution is 0.0871. The van der Waals surface area contributed by atoms with Gasteiger partial charge in [-0.15, -0.1) is 0 Å². The van der Waals surface area contributed by atoms with Crippen molar-refractivity contribution < 1.29 is 4.79 Å². The van der Waals surface area contributed by atoms with Crippen molar-refractivity contribution in [2.24, 2.45) is 10.9 Å². The molecule has 1 unspecified atom stereocenters. The van der Waals surface area contributed by atoms with E-state index in [0.717, 1.165) is 18.8 Å². The Morgan fingerprint density at radius 2 is 1.85 bits per heavy atom. The highest BCUT2D eigenvalue weighted by molar-refractivity contribution is 5.42. The molecule has 3 aliphatic heterocycles. The van der Waals surface area contributed by atoms with E-state index in [4.69, 9.17) is 0 Å². The molecule has 1 atom stereocenters. The second-order valence-corrected chi connectivity index (χ2v) is 6.60. The third-order valence-corrected chi connectivity index (χ3v) is 5.52. The van der Waals surface area contributed by atoms with Crippen LogP contribution in [0.15, 0.2) is 29.3 Å². The number of rotatable bonds is 3. The van der Waals surface area contributed by atoms with Gasteiger partial charge in [-0.2, -0.15) is 4.99 Å². The van der Waals surface area contributed by atoms with Crippen molar-refractivity contribution in [3.8, 4) is 0 Å². The predicted molar refractivity (Wildman–Crippen MR) is 77.4 cm³/mol. The van der Waals surface area contributed by atoms with Gasteiger partial charge in [0.2, 0.25) is 6.08 Å². The molecule has 3 heterocycles. The Bertz CT molecular complexity index is 547. The summed E-state index contributed by atoms with van der Waals surface area (Å²) in [5.74, 6) is 1.57. The van der Waals surface area contributed by atoms with E-state index in [9.17, 15) is 4.79 Å². The molecule has 0 radical (unpaired) electrons. The topological polar surface area (TPSA) is 32.7 Å². The molecule has 5 rings (SSSR count). The molecule has 104 valence electrons. The SMILES string of the molecule is O=C=NC1(c2ccc(C3CN4CCC3CC4)cc2)CC1. The first-order chi connectivity index (χ1) is 9.81. The Kier molecular flexibility index (Phi) is 2.80. The standard InChI is InChI=1S/C17H20N2O/c20-12-18-17(7-8-17)15-3-1-13(2-4-15)16-11-19-9-5-14(16)6-10-19/h1-4,14,16H,5-11H2. The van der Waals surface area contributed by atoms with E-state index >= 15 is 0 Å². The summed E-state index contributed by atoms with van der Waals surface area (Å²) in [7, 11) is 0. The molecule has 20 heavy (non-hydrogen) atoms. The van der Waals surface area contributed by atoms with E-state index < -0.39 is 0 Å². The van der Waals surface area contributed by atoms with E-state index in [0.29, 0.717) is 5.92 Å². The van der Waals surface area contributed by atoms with E-state index in [1.54, 1.807) is 6.08 Å². The number of aliphatic imine (C=N–C) groups is 1. The lowest BCUT2D eigenvalue weighted by atomic mass is 9.75. The van der Waals surface area contributed by atoms with Gasteiger partial charge in [-0.05, 0) is 61.7 Å². The maximum atomic E-state index is 10.5. The molecule has 0 spiro atoms. The van der Waals surface area contributed by atoms with Gasteiger partial charge in [-0.1, -0.05) is 24.3 Å². The first-order valence-electron chi connectivity index (χ1n) is 7.73. The molecule has 3 nitrogen and oxygen atoms in total. The van der Waals surface area contributed by atoms with Gasteiger partial charge in [0, 0.05) is 6.54 Å². The smallest absolute Gasteiger partial charge is 0.235 e.